The number of unbranched alkanes of at least 4 members (excludes halogenated alkanes) is 28. The molecular weight excluding hydrogens is 715 g/mol. The summed E-state index contributed by atoms with van der Waals surface area (Å²) >= 11 is 0. The van der Waals surface area contributed by atoms with Crippen molar-refractivity contribution in [3.63, 3.8) is 0 Å². The fourth-order valence-corrected chi connectivity index (χ4v) is 7.40. The molecule has 0 spiro atoms. The number of aliphatic hydroxyl groups excluding tert-OH is 3. The fourth-order valence-electron chi connectivity index (χ4n) is 7.40. The molecule has 0 aromatic heterocycles. The SMILES string of the molecule is CCCCCCCCCC/C=C/CC/C=C/CC/C=C/C(O)C(CO)NC(=O)CC(O)CCCCCCCCCCC/C=C\C/C=C\CCCCCCCCCCC. The van der Waals surface area contributed by atoms with Crippen LogP contribution in [-0.2, 0) is 4.79 Å². The van der Waals surface area contributed by atoms with Crippen molar-refractivity contribution in [3.05, 3.63) is 60.8 Å². The van der Waals surface area contributed by atoms with Crippen molar-refractivity contribution in [2.45, 2.75) is 263 Å². The Labute approximate surface area is 360 Å². The second-order valence-corrected chi connectivity index (χ2v) is 17.0. The Balaban J connectivity index is 3.69. The Hall–Kier alpha value is -1.95. The van der Waals surface area contributed by atoms with E-state index in [0.717, 1.165) is 44.9 Å². The van der Waals surface area contributed by atoms with Crippen molar-refractivity contribution in [3.8, 4) is 0 Å². The molecule has 5 nitrogen and oxygen atoms in total. The maximum Gasteiger partial charge on any atom is 0.222 e. The summed E-state index contributed by atoms with van der Waals surface area (Å²) in [5.41, 5.74) is 0. The highest BCUT2D eigenvalue weighted by atomic mass is 16.3. The summed E-state index contributed by atoms with van der Waals surface area (Å²) in [6.07, 6.45) is 63.8. The van der Waals surface area contributed by atoms with Crippen LogP contribution >= 0.6 is 0 Å². The number of hydrogen-bond acceptors (Lipinski definition) is 4. The Bertz CT molecular complexity index is 985. The highest BCUT2D eigenvalue weighted by Gasteiger charge is 2.20. The number of amides is 1. The number of nitrogens with one attached hydrogen (secondary N) is 1. The van der Waals surface area contributed by atoms with Gasteiger partial charge in [0.05, 0.1) is 31.3 Å². The van der Waals surface area contributed by atoms with Gasteiger partial charge in [-0.1, -0.05) is 222 Å². The predicted molar refractivity (Wildman–Crippen MR) is 254 cm³/mol. The van der Waals surface area contributed by atoms with Crippen LogP contribution in [0, 0.1) is 0 Å². The van der Waals surface area contributed by atoms with E-state index in [1.165, 1.54) is 173 Å². The monoisotopic (exact) mass is 812 g/mol. The molecule has 4 N–H and O–H groups in total. The highest BCUT2D eigenvalue weighted by molar-refractivity contribution is 5.76. The number of carbonyl (C=O) groups excluding carboxylic acids is 1. The Morgan fingerprint density at radius 3 is 1.21 bits per heavy atom. The lowest BCUT2D eigenvalue weighted by Crippen LogP contribution is -2.45. The number of aliphatic hydroxyl groups is 3. The third-order valence-corrected chi connectivity index (χ3v) is 11.3. The maximum atomic E-state index is 12.5. The molecule has 1 amide bonds. The second-order valence-electron chi connectivity index (χ2n) is 17.0. The maximum absolute atomic E-state index is 12.5. The summed E-state index contributed by atoms with van der Waals surface area (Å²) < 4.78 is 0. The molecule has 0 aliphatic rings. The third kappa shape index (κ3) is 43.6. The highest BCUT2D eigenvalue weighted by Crippen LogP contribution is 2.15. The molecule has 0 saturated carbocycles. The van der Waals surface area contributed by atoms with Gasteiger partial charge >= 0.3 is 0 Å². The summed E-state index contributed by atoms with van der Waals surface area (Å²) in [6, 6.07) is -0.771. The van der Waals surface area contributed by atoms with Gasteiger partial charge in [-0.15, -0.1) is 0 Å². The molecule has 0 aromatic rings. The summed E-state index contributed by atoms with van der Waals surface area (Å²) in [5.74, 6) is -0.333. The van der Waals surface area contributed by atoms with Gasteiger partial charge in [0, 0.05) is 0 Å². The van der Waals surface area contributed by atoms with Gasteiger partial charge in [0.15, 0.2) is 0 Å². The zero-order valence-electron chi connectivity index (χ0n) is 38.4. The van der Waals surface area contributed by atoms with E-state index in [4.69, 9.17) is 0 Å². The zero-order valence-corrected chi connectivity index (χ0v) is 38.4. The van der Waals surface area contributed by atoms with Gasteiger partial charge in [0.1, 0.15) is 0 Å². The largest absolute Gasteiger partial charge is 0.394 e. The van der Waals surface area contributed by atoms with E-state index in [0.29, 0.717) is 6.42 Å². The lowest BCUT2D eigenvalue weighted by Gasteiger charge is -2.21. The van der Waals surface area contributed by atoms with E-state index in [2.05, 4.69) is 67.8 Å². The molecule has 0 fully saturated rings. The minimum Gasteiger partial charge on any atom is -0.394 e. The van der Waals surface area contributed by atoms with Gasteiger partial charge in [-0.3, -0.25) is 4.79 Å². The molecule has 0 heterocycles. The first kappa shape index (κ1) is 56.0. The Morgan fingerprint density at radius 2 is 0.793 bits per heavy atom. The number of carbonyl (C=O) groups is 1. The van der Waals surface area contributed by atoms with E-state index in [9.17, 15) is 20.1 Å². The van der Waals surface area contributed by atoms with Crippen molar-refractivity contribution in [2.75, 3.05) is 6.61 Å². The average Bonchev–Trinajstić information content (AvgIpc) is 3.22. The van der Waals surface area contributed by atoms with Crippen LogP contribution in [0.15, 0.2) is 60.8 Å². The van der Waals surface area contributed by atoms with Crippen molar-refractivity contribution in [1.82, 2.24) is 5.32 Å². The topological polar surface area (TPSA) is 89.8 Å². The molecule has 0 aromatic carbocycles. The number of allylic oxidation sites excluding steroid dienone is 9. The average molecular weight is 812 g/mol. The minimum atomic E-state index is -0.963. The minimum absolute atomic E-state index is 0.00258. The quantitative estimate of drug-likeness (QED) is 0.0364. The first-order valence-electron chi connectivity index (χ1n) is 25.1. The van der Waals surface area contributed by atoms with Crippen LogP contribution in [0.25, 0.3) is 0 Å². The molecular formula is C53H97NO4. The Kier molecular flexibility index (Phi) is 46.1. The Morgan fingerprint density at radius 1 is 0.448 bits per heavy atom. The lowest BCUT2D eigenvalue weighted by atomic mass is 10.0. The van der Waals surface area contributed by atoms with Gasteiger partial charge in [0.2, 0.25) is 5.91 Å². The van der Waals surface area contributed by atoms with Crippen LogP contribution < -0.4 is 5.32 Å². The van der Waals surface area contributed by atoms with Crippen LogP contribution in [0.2, 0.25) is 0 Å². The van der Waals surface area contributed by atoms with Gasteiger partial charge in [-0.25, -0.2) is 0 Å². The summed E-state index contributed by atoms with van der Waals surface area (Å²) in [5, 5.41) is 33.3. The van der Waals surface area contributed by atoms with E-state index < -0.39 is 18.2 Å². The van der Waals surface area contributed by atoms with Gasteiger partial charge in [-0.2, -0.15) is 0 Å². The van der Waals surface area contributed by atoms with Crippen molar-refractivity contribution in [2.24, 2.45) is 0 Å². The second kappa shape index (κ2) is 47.7. The molecule has 58 heavy (non-hydrogen) atoms. The van der Waals surface area contributed by atoms with Crippen molar-refractivity contribution in [1.29, 1.82) is 0 Å². The van der Waals surface area contributed by atoms with Crippen molar-refractivity contribution < 1.29 is 20.1 Å². The van der Waals surface area contributed by atoms with E-state index >= 15 is 0 Å². The zero-order chi connectivity index (χ0) is 42.3. The smallest absolute Gasteiger partial charge is 0.222 e. The first-order chi connectivity index (χ1) is 28.5. The van der Waals surface area contributed by atoms with Crippen LogP contribution in [0.5, 0.6) is 0 Å². The summed E-state index contributed by atoms with van der Waals surface area (Å²) in [7, 11) is 0. The lowest BCUT2D eigenvalue weighted by molar-refractivity contribution is -0.124. The molecule has 0 aliphatic carbocycles. The third-order valence-electron chi connectivity index (χ3n) is 11.3. The molecule has 0 aliphatic heterocycles. The fraction of sp³-hybridized carbons (Fsp3) is 0.792. The van der Waals surface area contributed by atoms with E-state index in [1.807, 2.05) is 6.08 Å². The predicted octanol–water partition coefficient (Wildman–Crippen LogP) is 15.0. The van der Waals surface area contributed by atoms with E-state index in [-0.39, 0.29) is 18.9 Å². The molecule has 338 valence electrons. The summed E-state index contributed by atoms with van der Waals surface area (Å²) in [6.45, 7) is 4.20. The first-order valence-corrected chi connectivity index (χ1v) is 25.1. The number of hydrogen-bond donors (Lipinski definition) is 4. The van der Waals surface area contributed by atoms with Gasteiger partial charge in [0.25, 0.3) is 0 Å². The standard InChI is InChI=1S/C53H97NO4/c1-3-5-7-9-11-13-15-17-19-21-23-24-25-26-27-28-29-30-32-34-36-38-40-42-44-46-50(56)48-53(58)54-51(49-55)52(57)47-45-43-41-39-37-35-33-31-22-20-18-16-14-12-10-8-6-4-2/h22-24,26-27,31,37,39,45,47,50-52,55-57H,3-21,25,28-30,32-36,38,40-44,46,48-49H2,1-2H3,(H,54,58)/b24-23-,27-26-,31-22+,39-37+,47-45+. The molecule has 5 heteroatoms. The molecule has 0 bridgehead atoms. The van der Waals surface area contributed by atoms with Crippen LogP contribution in [0.3, 0.4) is 0 Å². The van der Waals surface area contributed by atoms with Crippen LogP contribution in [0.4, 0.5) is 0 Å². The molecule has 3 atom stereocenters. The van der Waals surface area contributed by atoms with Crippen LogP contribution in [0.1, 0.15) is 245 Å². The molecule has 0 radical (unpaired) electrons. The molecule has 3 unspecified atom stereocenters. The summed E-state index contributed by atoms with van der Waals surface area (Å²) in [4.78, 5) is 12.5. The normalized spacial score (nSPS) is 13.9. The molecule has 0 rings (SSSR count). The van der Waals surface area contributed by atoms with E-state index in [1.54, 1.807) is 6.08 Å². The van der Waals surface area contributed by atoms with Crippen LogP contribution in [-0.4, -0.2) is 46.1 Å². The molecule has 0 saturated heterocycles. The van der Waals surface area contributed by atoms with Gasteiger partial charge in [-0.05, 0) is 77.0 Å². The number of rotatable bonds is 45. The van der Waals surface area contributed by atoms with Gasteiger partial charge < -0.3 is 20.6 Å². The van der Waals surface area contributed by atoms with Crippen molar-refractivity contribution >= 4 is 5.91 Å².